The molecule has 0 radical (unpaired) electrons. The van der Waals surface area contributed by atoms with Gasteiger partial charge in [0.1, 0.15) is 12.4 Å². The number of aromatic amines is 1. The number of amides is 2. The molecule has 1 saturated heterocycles. The number of aromatic nitrogens is 3. The van der Waals surface area contributed by atoms with Crippen molar-refractivity contribution in [2.24, 2.45) is 10.9 Å². The monoisotopic (exact) mass is 616 g/mol. The molecule has 2 fully saturated rings. The minimum absolute atomic E-state index is 0.0389. The summed E-state index contributed by atoms with van der Waals surface area (Å²) >= 11 is 0. The second kappa shape index (κ2) is 13.8. The molecule has 10 nitrogen and oxygen atoms in total. The zero-order valence-corrected chi connectivity index (χ0v) is 25.0. The maximum atomic E-state index is 13.2. The minimum atomic E-state index is -4.88. The Bertz CT molecular complexity index is 1520. The molecule has 1 aliphatic carbocycles. The van der Waals surface area contributed by atoms with E-state index >= 15 is 0 Å². The average Bonchev–Trinajstić information content (AvgIpc) is 3.33. The van der Waals surface area contributed by atoms with Crippen LogP contribution in [0.15, 0.2) is 41.5 Å². The molecular weight excluding hydrogens is 577 g/mol. The maximum absolute atomic E-state index is 13.2. The van der Waals surface area contributed by atoms with Gasteiger partial charge in [-0.15, -0.1) is 13.2 Å². The number of likely N-dealkylation sites (tertiary alicyclic amines) is 1. The number of alkyl halides is 3. The molecule has 0 bridgehead atoms. The van der Waals surface area contributed by atoms with E-state index in [0.717, 1.165) is 37.3 Å². The third-order valence-electron chi connectivity index (χ3n) is 8.08. The number of imidazole rings is 1. The standard InChI is InChI=1S/C31H39F3N6O4/c1-20(2)36-28(41)21-9-11-23(12-10-21)40-26-18-27(43-16-15-39-13-4-3-5-14-39)35-19-25(26)37-30(40)38-29(42)22-7-6-8-24(17-22)44-31(32,33)34/h6-8,17-21,23H,3-5,9-16H2,1-2H3,(H,36,41)(H,37,38,42)/t21-,23+. The van der Waals surface area contributed by atoms with E-state index in [0.29, 0.717) is 43.7 Å². The van der Waals surface area contributed by atoms with Crippen molar-refractivity contribution in [3.63, 3.8) is 0 Å². The van der Waals surface area contributed by atoms with Crippen molar-refractivity contribution in [2.75, 3.05) is 26.2 Å². The number of pyridine rings is 1. The number of rotatable bonds is 9. The van der Waals surface area contributed by atoms with Gasteiger partial charge >= 0.3 is 6.36 Å². The number of carbonyl (C=O) groups is 2. The summed E-state index contributed by atoms with van der Waals surface area (Å²) in [5, 5.41) is 2.99. The van der Waals surface area contributed by atoms with Gasteiger partial charge in [0, 0.05) is 36.2 Å². The molecule has 238 valence electrons. The molecule has 2 aliphatic rings. The second-order valence-corrected chi connectivity index (χ2v) is 11.8. The summed E-state index contributed by atoms with van der Waals surface area (Å²) in [6.07, 6.45) is 3.07. The Kier molecular flexibility index (Phi) is 9.92. The number of carbonyl (C=O) groups excluding carboxylic acids is 2. The van der Waals surface area contributed by atoms with E-state index in [1.807, 2.05) is 24.5 Å². The zero-order chi connectivity index (χ0) is 31.3. The van der Waals surface area contributed by atoms with Crippen LogP contribution in [0.25, 0.3) is 11.0 Å². The van der Waals surface area contributed by atoms with Gasteiger partial charge in [0.05, 0.1) is 17.2 Å². The van der Waals surface area contributed by atoms with Crippen molar-refractivity contribution in [1.82, 2.24) is 24.8 Å². The highest BCUT2D eigenvalue weighted by Crippen LogP contribution is 2.34. The van der Waals surface area contributed by atoms with Gasteiger partial charge in [0.25, 0.3) is 5.91 Å². The summed E-state index contributed by atoms with van der Waals surface area (Å²) in [4.78, 5) is 40.2. The van der Waals surface area contributed by atoms with Crippen molar-refractivity contribution >= 4 is 22.8 Å². The van der Waals surface area contributed by atoms with Crippen LogP contribution in [0.1, 0.15) is 75.2 Å². The smallest absolute Gasteiger partial charge is 0.476 e. The molecule has 44 heavy (non-hydrogen) atoms. The number of nitrogens with one attached hydrogen (secondary N) is 2. The van der Waals surface area contributed by atoms with Crippen LogP contribution < -0.4 is 20.4 Å². The van der Waals surface area contributed by atoms with Crippen LogP contribution in [-0.4, -0.2) is 69.9 Å². The van der Waals surface area contributed by atoms with E-state index < -0.39 is 18.0 Å². The van der Waals surface area contributed by atoms with Gasteiger partial charge in [-0.1, -0.05) is 12.5 Å². The lowest BCUT2D eigenvalue weighted by molar-refractivity contribution is -0.274. The Balaban J connectivity index is 1.43. The lowest BCUT2D eigenvalue weighted by Crippen LogP contribution is -2.38. The van der Waals surface area contributed by atoms with Crippen LogP contribution in [0.3, 0.4) is 0 Å². The molecule has 1 aliphatic heterocycles. The van der Waals surface area contributed by atoms with E-state index in [1.54, 1.807) is 6.20 Å². The van der Waals surface area contributed by atoms with Crippen molar-refractivity contribution in [3.8, 4) is 11.6 Å². The summed E-state index contributed by atoms with van der Waals surface area (Å²) in [6, 6.07) is 6.63. The SMILES string of the molecule is CC(C)NC(=O)[C@H]1CC[C@@H](n2/c(=N/C(=O)c3cccc(OC(F)(F)F)c3)[nH]c3cnc(OCCN4CCCCC4)cc32)CC1. The molecule has 1 aromatic carbocycles. The minimum Gasteiger partial charge on any atom is -0.476 e. The Labute approximate surface area is 253 Å². The second-order valence-electron chi connectivity index (χ2n) is 11.8. The van der Waals surface area contributed by atoms with Gasteiger partial charge in [-0.2, -0.15) is 4.99 Å². The predicted molar refractivity (Wildman–Crippen MR) is 157 cm³/mol. The first-order valence-electron chi connectivity index (χ1n) is 15.3. The third kappa shape index (κ3) is 8.19. The van der Waals surface area contributed by atoms with Gasteiger partial charge in [-0.25, -0.2) is 4.98 Å². The number of halogens is 3. The normalized spacial score (nSPS) is 20.2. The Morgan fingerprint density at radius 2 is 1.86 bits per heavy atom. The number of fused-ring (bicyclic) bond motifs is 1. The summed E-state index contributed by atoms with van der Waals surface area (Å²) in [7, 11) is 0. The van der Waals surface area contributed by atoms with Gasteiger partial charge in [-0.3, -0.25) is 14.5 Å². The fraction of sp³-hybridized carbons (Fsp3) is 0.548. The highest BCUT2D eigenvalue weighted by atomic mass is 19.4. The maximum Gasteiger partial charge on any atom is 0.573 e. The average molecular weight is 617 g/mol. The molecule has 3 aromatic rings. The molecule has 13 heteroatoms. The molecule has 3 heterocycles. The lowest BCUT2D eigenvalue weighted by Gasteiger charge is -2.29. The van der Waals surface area contributed by atoms with Crippen LogP contribution in [0.4, 0.5) is 13.2 Å². The summed E-state index contributed by atoms with van der Waals surface area (Å²) in [6.45, 7) is 7.29. The summed E-state index contributed by atoms with van der Waals surface area (Å²) in [5.74, 6) is -0.849. The van der Waals surface area contributed by atoms with Crippen LogP contribution in [0.5, 0.6) is 11.6 Å². The van der Waals surface area contributed by atoms with Crippen molar-refractivity contribution in [3.05, 3.63) is 47.7 Å². The van der Waals surface area contributed by atoms with Gasteiger partial charge in [-0.05, 0) is 83.7 Å². The number of H-pyrrole nitrogens is 1. The quantitative estimate of drug-likeness (QED) is 0.345. The van der Waals surface area contributed by atoms with Gasteiger partial charge in [0.2, 0.25) is 17.4 Å². The van der Waals surface area contributed by atoms with E-state index in [4.69, 9.17) is 4.74 Å². The Morgan fingerprint density at radius 3 is 2.57 bits per heavy atom. The summed E-state index contributed by atoms with van der Waals surface area (Å²) in [5.41, 5.74) is 1.57. The number of hydrogen-bond acceptors (Lipinski definition) is 6. The van der Waals surface area contributed by atoms with E-state index in [9.17, 15) is 22.8 Å². The first-order chi connectivity index (χ1) is 21.1. The molecule has 2 amide bonds. The van der Waals surface area contributed by atoms with Crippen LogP contribution in [-0.2, 0) is 4.79 Å². The topological polar surface area (TPSA) is 114 Å². The van der Waals surface area contributed by atoms with Crippen molar-refractivity contribution in [1.29, 1.82) is 0 Å². The molecular formula is C31H39F3N6O4. The van der Waals surface area contributed by atoms with Gasteiger partial charge < -0.3 is 24.3 Å². The molecule has 0 unspecified atom stereocenters. The fourth-order valence-corrected chi connectivity index (χ4v) is 5.99. The number of ether oxygens (including phenoxy) is 2. The summed E-state index contributed by atoms with van der Waals surface area (Å²) < 4.78 is 50.2. The van der Waals surface area contributed by atoms with Crippen molar-refractivity contribution < 1.29 is 32.2 Å². The van der Waals surface area contributed by atoms with Crippen LogP contribution in [0.2, 0.25) is 0 Å². The van der Waals surface area contributed by atoms with Gasteiger partial charge in [0.15, 0.2) is 0 Å². The Hall–Kier alpha value is -3.87. The number of benzene rings is 1. The third-order valence-corrected chi connectivity index (χ3v) is 8.08. The molecule has 0 atom stereocenters. The molecule has 2 N–H and O–H groups in total. The highest BCUT2D eigenvalue weighted by molar-refractivity contribution is 5.95. The molecule has 0 spiro atoms. The number of nitrogens with zero attached hydrogens (tertiary/aromatic N) is 4. The zero-order valence-electron chi connectivity index (χ0n) is 25.0. The van der Waals surface area contributed by atoms with E-state index in [1.165, 1.54) is 31.4 Å². The van der Waals surface area contributed by atoms with Crippen LogP contribution >= 0.6 is 0 Å². The van der Waals surface area contributed by atoms with E-state index in [-0.39, 0.29) is 35.1 Å². The number of hydrogen-bond donors (Lipinski definition) is 2. The first-order valence-corrected chi connectivity index (χ1v) is 15.3. The largest absolute Gasteiger partial charge is 0.573 e. The lowest BCUT2D eigenvalue weighted by atomic mass is 9.85. The first kappa shape index (κ1) is 31.6. The molecule has 1 saturated carbocycles. The Morgan fingerprint density at radius 1 is 1.11 bits per heavy atom. The van der Waals surface area contributed by atoms with E-state index in [2.05, 4.69) is 29.9 Å². The molecule has 5 rings (SSSR count). The highest BCUT2D eigenvalue weighted by Gasteiger charge is 2.32. The fourth-order valence-electron chi connectivity index (χ4n) is 5.99. The molecule has 2 aromatic heterocycles. The predicted octanol–water partition coefficient (Wildman–Crippen LogP) is 5.12. The number of piperidine rings is 1. The van der Waals surface area contributed by atoms with Crippen molar-refractivity contribution in [2.45, 2.75) is 77.2 Å². The van der Waals surface area contributed by atoms with Crippen LogP contribution in [0, 0.1) is 5.92 Å².